The number of rotatable bonds is 6. The number of nitrogens with one attached hydrogen (secondary N) is 1. The topological polar surface area (TPSA) is 15.3 Å². The van der Waals surface area contributed by atoms with Crippen LogP contribution >= 0.6 is 0 Å². The van der Waals surface area contributed by atoms with Gasteiger partial charge >= 0.3 is 0 Å². The fraction of sp³-hybridized carbons (Fsp3) is 0.625. The molecule has 1 heterocycles. The molecule has 1 aromatic rings. The fourth-order valence-electron chi connectivity index (χ4n) is 2.93. The summed E-state index contributed by atoms with van der Waals surface area (Å²) >= 11 is 0. The first-order valence-corrected chi connectivity index (χ1v) is 7.41. The van der Waals surface area contributed by atoms with E-state index >= 15 is 0 Å². The quantitative estimate of drug-likeness (QED) is 0.850. The minimum Gasteiger partial charge on any atom is -0.312 e. The van der Waals surface area contributed by atoms with Crippen molar-refractivity contribution in [1.82, 2.24) is 10.2 Å². The maximum absolute atomic E-state index is 12.8. The van der Waals surface area contributed by atoms with Gasteiger partial charge in [-0.05, 0) is 57.0 Å². The molecule has 19 heavy (non-hydrogen) atoms. The maximum atomic E-state index is 12.8. The van der Waals surface area contributed by atoms with Crippen LogP contribution in [0.3, 0.4) is 0 Å². The number of likely N-dealkylation sites (N-methyl/N-ethyl adjacent to an activating group) is 1. The molecular weight excluding hydrogens is 239 g/mol. The number of hydrogen-bond donors (Lipinski definition) is 1. The summed E-state index contributed by atoms with van der Waals surface area (Å²) in [5.74, 6) is -0.158. The van der Waals surface area contributed by atoms with Crippen LogP contribution in [0.15, 0.2) is 24.3 Å². The summed E-state index contributed by atoms with van der Waals surface area (Å²) < 4.78 is 12.8. The molecule has 1 aliphatic rings. The second kappa shape index (κ2) is 7.01. The van der Waals surface area contributed by atoms with Crippen molar-refractivity contribution in [2.45, 2.75) is 45.2 Å². The van der Waals surface area contributed by atoms with E-state index in [9.17, 15) is 4.39 Å². The van der Waals surface area contributed by atoms with Gasteiger partial charge < -0.3 is 5.32 Å². The Hall–Kier alpha value is -0.930. The van der Waals surface area contributed by atoms with Crippen LogP contribution in [0.2, 0.25) is 0 Å². The molecule has 106 valence electrons. The van der Waals surface area contributed by atoms with Crippen LogP contribution in [-0.4, -0.2) is 36.6 Å². The number of hydrogen-bond acceptors (Lipinski definition) is 2. The smallest absolute Gasteiger partial charge is 0.123 e. The highest BCUT2D eigenvalue weighted by atomic mass is 19.1. The Morgan fingerprint density at radius 3 is 2.79 bits per heavy atom. The Morgan fingerprint density at radius 1 is 1.37 bits per heavy atom. The van der Waals surface area contributed by atoms with Crippen LogP contribution in [0.25, 0.3) is 0 Å². The second-order valence-electron chi connectivity index (χ2n) is 5.56. The van der Waals surface area contributed by atoms with Crippen molar-refractivity contribution in [2.75, 3.05) is 19.6 Å². The van der Waals surface area contributed by atoms with Crippen molar-refractivity contribution in [3.05, 3.63) is 35.6 Å². The van der Waals surface area contributed by atoms with Gasteiger partial charge in [-0.25, -0.2) is 4.39 Å². The van der Waals surface area contributed by atoms with Gasteiger partial charge in [0.2, 0.25) is 0 Å². The Bertz CT molecular complexity index is 377. The van der Waals surface area contributed by atoms with Crippen LogP contribution in [0.4, 0.5) is 4.39 Å². The van der Waals surface area contributed by atoms with Crippen LogP contribution in [-0.2, 0) is 6.42 Å². The zero-order valence-corrected chi connectivity index (χ0v) is 12.0. The molecule has 3 heteroatoms. The van der Waals surface area contributed by atoms with Gasteiger partial charge in [-0.15, -0.1) is 0 Å². The molecule has 1 aromatic carbocycles. The van der Waals surface area contributed by atoms with Crippen LogP contribution in [0.1, 0.15) is 32.3 Å². The van der Waals surface area contributed by atoms with Crippen LogP contribution < -0.4 is 5.32 Å². The Labute approximate surface area is 116 Å². The molecule has 0 radical (unpaired) electrons. The van der Waals surface area contributed by atoms with Crippen molar-refractivity contribution >= 4 is 0 Å². The molecule has 2 nitrogen and oxygen atoms in total. The molecule has 2 unspecified atom stereocenters. The third-order valence-corrected chi connectivity index (χ3v) is 4.06. The van der Waals surface area contributed by atoms with Gasteiger partial charge in [0.15, 0.2) is 0 Å². The molecule has 0 bridgehead atoms. The summed E-state index contributed by atoms with van der Waals surface area (Å²) in [4.78, 5) is 2.55. The third kappa shape index (κ3) is 4.29. The normalized spacial score (nSPS) is 21.7. The lowest BCUT2D eigenvalue weighted by Crippen LogP contribution is -2.41. The van der Waals surface area contributed by atoms with E-state index < -0.39 is 0 Å². The van der Waals surface area contributed by atoms with Gasteiger partial charge in [-0.2, -0.15) is 0 Å². The minimum atomic E-state index is -0.158. The predicted octanol–water partition coefficient (Wildman–Crippen LogP) is 2.83. The van der Waals surface area contributed by atoms with Crippen molar-refractivity contribution in [2.24, 2.45) is 0 Å². The first kappa shape index (κ1) is 14.5. The number of nitrogens with zero attached hydrogens (tertiary/aromatic N) is 1. The molecule has 1 saturated heterocycles. The molecule has 0 spiro atoms. The van der Waals surface area contributed by atoms with E-state index in [1.807, 2.05) is 12.1 Å². The molecule has 1 N–H and O–H groups in total. The van der Waals surface area contributed by atoms with Crippen LogP contribution in [0, 0.1) is 5.82 Å². The van der Waals surface area contributed by atoms with Crippen LogP contribution in [0.5, 0.6) is 0 Å². The SMILES string of the molecule is CCN1CCCC1CNC(C)Cc1ccc(F)cc1. The summed E-state index contributed by atoms with van der Waals surface area (Å²) in [7, 11) is 0. The average Bonchev–Trinajstić information content (AvgIpc) is 2.86. The lowest BCUT2D eigenvalue weighted by molar-refractivity contribution is 0.255. The summed E-state index contributed by atoms with van der Waals surface area (Å²) in [6, 6.07) is 7.96. The van der Waals surface area contributed by atoms with E-state index in [2.05, 4.69) is 24.1 Å². The maximum Gasteiger partial charge on any atom is 0.123 e. The molecule has 0 aromatic heterocycles. The highest BCUT2D eigenvalue weighted by Crippen LogP contribution is 2.16. The Balaban J connectivity index is 1.75. The van der Waals surface area contributed by atoms with Crippen molar-refractivity contribution in [3.63, 3.8) is 0 Å². The van der Waals surface area contributed by atoms with E-state index in [1.165, 1.54) is 37.1 Å². The van der Waals surface area contributed by atoms with Gasteiger partial charge in [0, 0.05) is 18.6 Å². The van der Waals surface area contributed by atoms with E-state index in [0.29, 0.717) is 12.1 Å². The molecule has 1 fully saturated rings. The molecule has 2 atom stereocenters. The standard InChI is InChI=1S/C16H25FN2/c1-3-19-10-4-5-16(19)12-18-13(2)11-14-6-8-15(17)9-7-14/h6-9,13,16,18H,3-5,10-12H2,1-2H3. The molecule has 2 rings (SSSR count). The molecule has 0 saturated carbocycles. The zero-order valence-electron chi connectivity index (χ0n) is 12.0. The average molecular weight is 264 g/mol. The van der Waals surface area contributed by atoms with Gasteiger partial charge in [0.25, 0.3) is 0 Å². The van der Waals surface area contributed by atoms with Crippen molar-refractivity contribution in [1.29, 1.82) is 0 Å². The van der Waals surface area contributed by atoms with Crippen molar-refractivity contribution < 1.29 is 4.39 Å². The molecule has 0 aliphatic carbocycles. The highest BCUT2D eigenvalue weighted by Gasteiger charge is 2.22. The zero-order chi connectivity index (χ0) is 13.7. The van der Waals surface area contributed by atoms with Gasteiger partial charge in [0.05, 0.1) is 0 Å². The van der Waals surface area contributed by atoms with Gasteiger partial charge in [-0.3, -0.25) is 4.90 Å². The Kier molecular flexibility index (Phi) is 5.34. The summed E-state index contributed by atoms with van der Waals surface area (Å²) in [6.45, 7) is 7.90. The van der Waals surface area contributed by atoms with Gasteiger partial charge in [0.1, 0.15) is 5.82 Å². The summed E-state index contributed by atoms with van der Waals surface area (Å²) in [6.07, 6.45) is 3.59. The monoisotopic (exact) mass is 264 g/mol. The fourth-order valence-corrected chi connectivity index (χ4v) is 2.93. The largest absolute Gasteiger partial charge is 0.312 e. The Morgan fingerprint density at radius 2 is 2.11 bits per heavy atom. The lowest BCUT2D eigenvalue weighted by Gasteiger charge is -2.25. The third-order valence-electron chi connectivity index (χ3n) is 4.06. The van der Waals surface area contributed by atoms with E-state index in [1.54, 1.807) is 0 Å². The van der Waals surface area contributed by atoms with Crippen molar-refractivity contribution in [3.8, 4) is 0 Å². The summed E-state index contributed by atoms with van der Waals surface area (Å²) in [5.41, 5.74) is 1.19. The first-order chi connectivity index (χ1) is 9.19. The number of halogens is 1. The van der Waals surface area contributed by atoms with E-state index in [-0.39, 0.29) is 5.82 Å². The summed E-state index contributed by atoms with van der Waals surface area (Å²) in [5, 5.41) is 3.62. The van der Waals surface area contributed by atoms with E-state index in [0.717, 1.165) is 19.5 Å². The highest BCUT2D eigenvalue weighted by molar-refractivity contribution is 5.17. The lowest BCUT2D eigenvalue weighted by atomic mass is 10.1. The van der Waals surface area contributed by atoms with E-state index in [4.69, 9.17) is 0 Å². The molecule has 1 aliphatic heterocycles. The molecule has 0 amide bonds. The first-order valence-electron chi connectivity index (χ1n) is 7.41. The number of benzene rings is 1. The molecular formula is C16H25FN2. The van der Waals surface area contributed by atoms with Gasteiger partial charge in [-0.1, -0.05) is 19.1 Å². The minimum absolute atomic E-state index is 0.158. The second-order valence-corrected chi connectivity index (χ2v) is 5.56. The predicted molar refractivity (Wildman–Crippen MR) is 77.8 cm³/mol. The number of likely N-dealkylation sites (tertiary alicyclic amines) is 1.